The van der Waals surface area contributed by atoms with E-state index in [4.69, 9.17) is 9.84 Å². The van der Waals surface area contributed by atoms with Gasteiger partial charge in [0.15, 0.2) is 11.5 Å². The summed E-state index contributed by atoms with van der Waals surface area (Å²) in [5, 5.41) is 12.0. The first-order valence-electron chi connectivity index (χ1n) is 9.25. The highest BCUT2D eigenvalue weighted by Gasteiger charge is 2.37. The fraction of sp³-hybridized carbons (Fsp3) is 0.579. The molecular formula is C19H24F2N2O5. The van der Waals surface area contributed by atoms with Gasteiger partial charge in [0.2, 0.25) is 0 Å². The third-order valence-corrected chi connectivity index (χ3v) is 5.13. The smallest absolute Gasteiger partial charge is 0.387 e. The van der Waals surface area contributed by atoms with Gasteiger partial charge in [-0.3, -0.25) is 14.5 Å². The van der Waals surface area contributed by atoms with Gasteiger partial charge in [0.1, 0.15) is 0 Å². The number of halogens is 2. The van der Waals surface area contributed by atoms with Crippen molar-refractivity contribution < 1.29 is 33.0 Å². The average molecular weight is 398 g/mol. The second-order valence-corrected chi connectivity index (χ2v) is 7.31. The lowest BCUT2D eigenvalue weighted by Crippen LogP contribution is -2.55. The minimum absolute atomic E-state index is 0.00857. The van der Waals surface area contributed by atoms with E-state index in [1.165, 1.54) is 25.3 Å². The predicted molar refractivity (Wildman–Crippen MR) is 95.8 cm³/mol. The summed E-state index contributed by atoms with van der Waals surface area (Å²) in [6.45, 7) is -2.23. The predicted octanol–water partition coefficient (Wildman–Crippen LogP) is 2.35. The van der Waals surface area contributed by atoms with Gasteiger partial charge in [-0.25, -0.2) is 0 Å². The number of carboxylic acids is 1. The maximum atomic E-state index is 12.5. The molecule has 0 heterocycles. The van der Waals surface area contributed by atoms with Crippen LogP contribution in [0.2, 0.25) is 0 Å². The number of carboxylic acid groups (broad SMARTS) is 1. The molecule has 0 unspecified atom stereocenters. The maximum Gasteiger partial charge on any atom is 0.387 e. The molecule has 7 nitrogen and oxygen atoms in total. The molecule has 2 fully saturated rings. The number of alkyl halides is 2. The molecule has 0 atom stereocenters. The Balaban J connectivity index is 1.55. The SMILES string of the molecule is COc1ccc(C(=O)NC2CC(N(CC(=O)O)CC3CC3)C2)cc1OC(F)F. The Morgan fingerprint density at radius 2 is 2.00 bits per heavy atom. The van der Waals surface area contributed by atoms with Crippen LogP contribution in [0.1, 0.15) is 36.0 Å². The lowest BCUT2D eigenvalue weighted by molar-refractivity contribution is -0.139. The molecule has 0 radical (unpaired) electrons. The quantitative estimate of drug-likeness (QED) is 0.629. The number of hydrogen-bond acceptors (Lipinski definition) is 5. The van der Waals surface area contributed by atoms with Gasteiger partial charge in [0.25, 0.3) is 5.91 Å². The van der Waals surface area contributed by atoms with Gasteiger partial charge < -0.3 is 19.9 Å². The van der Waals surface area contributed by atoms with Crippen LogP contribution >= 0.6 is 0 Å². The van der Waals surface area contributed by atoms with Crippen LogP contribution in [0.5, 0.6) is 11.5 Å². The first kappa shape index (κ1) is 20.3. The zero-order valence-electron chi connectivity index (χ0n) is 15.6. The number of amides is 1. The molecular weight excluding hydrogens is 374 g/mol. The number of nitrogens with zero attached hydrogens (tertiary/aromatic N) is 1. The summed E-state index contributed by atoms with van der Waals surface area (Å²) in [5.41, 5.74) is 0.195. The minimum Gasteiger partial charge on any atom is -0.493 e. The number of rotatable bonds is 10. The molecule has 3 rings (SSSR count). The van der Waals surface area contributed by atoms with E-state index in [2.05, 4.69) is 10.1 Å². The Hall–Kier alpha value is -2.42. The zero-order chi connectivity index (χ0) is 20.3. The van der Waals surface area contributed by atoms with Crippen LogP contribution < -0.4 is 14.8 Å². The van der Waals surface area contributed by atoms with Crippen LogP contribution in [0.25, 0.3) is 0 Å². The van der Waals surface area contributed by atoms with Crippen molar-refractivity contribution in [2.75, 3.05) is 20.2 Å². The van der Waals surface area contributed by atoms with Crippen molar-refractivity contribution in [3.63, 3.8) is 0 Å². The molecule has 9 heteroatoms. The van der Waals surface area contributed by atoms with Crippen LogP contribution in [0.15, 0.2) is 18.2 Å². The van der Waals surface area contributed by atoms with Crippen molar-refractivity contribution in [2.45, 2.75) is 44.4 Å². The van der Waals surface area contributed by atoms with Gasteiger partial charge in [-0.2, -0.15) is 8.78 Å². The van der Waals surface area contributed by atoms with Gasteiger partial charge in [0.05, 0.1) is 13.7 Å². The molecule has 1 amide bonds. The number of carbonyl (C=O) groups excluding carboxylic acids is 1. The number of benzene rings is 1. The fourth-order valence-corrected chi connectivity index (χ4v) is 3.43. The highest BCUT2D eigenvalue weighted by molar-refractivity contribution is 5.95. The number of methoxy groups -OCH3 is 1. The minimum atomic E-state index is -3.02. The Bertz CT molecular complexity index is 720. The third kappa shape index (κ3) is 5.31. The topological polar surface area (TPSA) is 88.1 Å². The highest BCUT2D eigenvalue weighted by atomic mass is 19.3. The molecule has 0 aliphatic heterocycles. The summed E-state index contributed by atoms with van der Waals surface area (Å²) in [6, 6.07) is 4.16. The number of hydrogen-bond donors (Lipinski definition) is 2. The summed E-state index contributed by atoms with van der Waals surface area (Å²) in [6.07, 6.45) is 3.62. The van der Waals surface area contributed by atoms with Gasteiger partial charge in [0, 0.05) is 24.2 Å². The van der Waals surface area contributed by atoms with Crippen LogP contribution in [0, 0.1) is 5.92 Å². The first-order valence-corrected chi connectivity index (χ1v) is 9.25. The summed E-state index contributed by atoms with van der Waals surface area (Å²) >= 11 is 0. The van der Waals surface area contributed by atoms with Crippen LogP contribution in [0.4, 0.5) is 8.78 Å². The van der Waals surface area contributed by atoms with Crippen molar-refractivity contribution in [3.8, 4) is 11.5 Å². The third-order valence-electron chi connectivity index (χ3n) is 5.13. The standard InChI is InChI=1S/C19H24F2N2O5/c1-27-15-5-4-12(6-16(15)28-19(20)21)18(26)22-13-7-14(8-13)23(10-17(24)25)9-11-2-3-11/h4-6,11,13-14,19H,2-3,7-10H2,1H3,(H,22,26)(H,24,25). The normalized spacial score (nSPS) is 21.3. The highest BCUT2D eigenvalue weighted by Crippen LogP contribution is 2.34. The average Bonchev–Trinajstić information content (AvgIpc) is 3.40. The fourth-order valence-electron chi connectivity index (χ4n) is 3.43. The van der Waals surface area contributed by atoms with Crippen molar-refractivity contribution in [2.24, 2.45) is 5.92 Å². The Labute approximate surface area is 161 Å². The molecule has 2 saturated carbocycles. The van der Waals surface area contributed by atoms with Gasteiger partial charge in [-0.1, -0.05) is 0 Å². The second-order valence-electron chi connectivity index (χ2n) is 7.31. The Morgan fingerprint density at radius 3 is 2.57 bits per heavy atom. The van der Waals surface area contributed by atoms with Crippen molar-refractivity contribution >= 4 is 11.9 Å². The van der Waals surface area contributed by atoms with E-state index in [1.54, 1.807) is 0 Å². The van der Waals surface area contributed by atoms with Crippen molar-refractivity contribution in [1.82, 2.24) is 10.2 Å². The van der Waals surface area contributed by atoms with E-state index in [0.717, 1.165) is 19.4 Å². The van der Waals surface area contributed by atoms with Crippen LogP contribution in [0.3, 0.4) is 0 Å². The lowest BCUT2D eigenvalue weighted by atomic mass is 9.85. The molecule has 1 aromatic carbocycles. The van der Waals surface area contributed by atoms with E-state index in [1.807, 2.05) is 4.90 Å². The summed E-state index contributed by atoms with van der Waals surface area (Å²) in [5.74, 6) is -0.741. The zero-order valence-corrected chi connectivity index (χ0v) is 15.6. The molecule has 0 bridgehead atoms. The summed E-state index contributed by atoms with van der Waals surface area (Å²) in [4.78, 5) is 25.5. The molecule has 2 aliphatic carbocycles. The monoisotopic (exact) mass is 398 g/mol. The molecule has 2 aliphatic rings. The molecule has 0 spiro atoms. The van der Waals surface area contributed by atoms with Gasteiger partial charge in [-0.15, -0.1) is 0 Å². The largest absolute Gasteiger partial charge is 0.493 e. The van der Waals surface area contributed by atoms with Gasteiger partial charge in [-0.05, 0) is 49.8 Å². The molecule has 1 aromatic rings. The summed E-state index contributed by atoms with van der Waals surface area (Å²) < 4.78 is 34.4. The Kier molecular flexibility index (Phi) is 6.33. The van der Waals surface area contributed by atoms with Crippen LogP contribution in [-0.4, -0.2) is 60.8 Å². The number of nitrogens with one attached hydrogen (secondary N) is 1. The second kappa shape index (κ2) is 8.72. The van der Waals surface area contributed by atoms with E-state index in [-0.39, 0.29) is 35.7 Å². The van der Waals surface area contributed by atoms with Crippen molar-refractivity contribution in [1.29, 1.82) is 0 Å². The van der Waals surface area contributed by atoms with E-state index < -0.39 is 18.5 Å². The molecule has 0 saturated heterocycles. The molecule has 154 valence electrons. The summed E-state index contributed by atoms with van der Waals surface area (Å²) in [7, 11) is 1.33. The van der Waals surface area contributed by atoms with Crippen LogP contribution in [-0.2, 0) is 4.79 Å². The number of aliphatic carboxylic acids is 1. The van der Waals surface area contributed by atoms with E-state index in [0.29, 0.717) is 18.8 Å². The van der Waals surface area contributed by atoms with E-state index in [9.17, 15) is 18.4 Å². The number of ether oxygens (including phenoxy) is 2. The van der Waals surface area contributed by atoms with Crippen molar-refractivity contribution in [3.05, 3.63) is 23.8 Å². The number of carbonyl (C=O) groups is 2. The maximum absolute atomic E-state index is 12.5. The molecule has 2 N–H and O–H groups in total. The molecule has 28 heavy (non-hydrogen) atoms. The van der Waals surface area contributed by atoms with Gasteiger partial charge >= 0.3 is 12.6 Å². The molecule has 0 aromatic heterocycles. The first-order chi connectivity index (χ1) is 13.4. The lowest BCUT2D eigenvalue weighted by Gasteiger charge is -2.42. The van der Waals surface area contributed by atoms with E-state index >= 15 is 0 Å². The Morgan fingerprint density at radius 1 is 1.29 bits per heavy atom.